The standard InChI is InChI=1S/C25H27N3O2/c1-4-24(29)26-15-23(20-10-9-18-7-5-6-8-19(18)14-20)27-25(30)22-13-16(2)28(17(22)3)21-11-12-21/h4-10,13-14,21,23H,1,11-12,15H2,2-3H3,(H,26,29)(H,27,30). The normalized spacial score (nSPS) is 14.3. The molecule has 1 atom stereocenters. The highest BCUT2D eigenvalue weighted by molar-refractivity contribution is 5.96. The van der Waals surface area contributed by atoms with Gasteiger partial charge in [-0.15, -0.1) is 0 Å². The Morgan fingerprint density at radius 1 is 1.13 bits per heavy atom. The quantitative estimate of drug-likeness (QED) is 0.578. The first kappa shape index (κ1) is 20.0. The van der Waals surface area contributed by atoms with Crippen molar-refractivity contribution in [2.45, 2.75) is 38.8 Å². The summed E-state index contributed by atoms with van der Waals surface area (Å²) in [6.45, 7) is 7.85. The van der Waals surface area contributed by atoms with E-state index < -0.39 is 0 Å². The summed E-state index contributed by atoms with van der Waals surface area (Å²) in [5.74, 6) is -0.386. The third-order valence-electron chi connectivity index (χ3n) is 5.79. The molecule has 3 aromatic rings. The van der Waals surface area contributed by atoms with Gasteiger partial charge in [-0.1, -0.05) is 43.0 Å². The molecule has 154 valence electrons. The molecule has 2 amide bonds. The average molecular weight is 402 g/mol. The fraction of sp³-hybridized carbons (Fsp3) is 0.280. The van der Waals surface area contributed by atoms with E-state index in [0.29, 0.717) is 11.6 Å². The summed E-state index contributed by atoms with van der Waals surface area (Å²) in [4.78, 5) is 24.9. The zero-order valence-corrected chi connectivity index (χ0v) is 17.4. The first-order valence-electron chi connectivity index (χ1n) is 10.4. The summed E-state index contributed by atoms with van der Waals surface area (Å²) in [6.07, 6.45) is 3.58. The Kier molecular flexibility index (Phi) is 5.44. The van der Waals surface area contributed by atoms with Crippen LogP contribution in [0.2, 0.25) is 0 Å². The van der Waals surface area contributed by atoms with Crippen LogP contribution in [0.1, 0.15) is 52.2 Å². The van der Waals surface area contributed by atoms with Gasteiger partial charge >= 0.3 is 0 Å². The van der Waals surface area contributed by atoms with Gasteiger partial charge in [0.1, 0.15) is 0 Å². The minimum atomic E-state index is -0.352. The number of benzene rings is 2. The van der Waals surface area contributed by atoms with E-state index in [1.807, 2.05) is 50.2 Å². The van der Waals surface area contributed by atoms with E-state index in [1.165, 1.54) is 18.9 Å². The van der Waals surface area contributed by atoms with Crippen LogP contribution in [-0.2, 0) is 4.79 Å². The molecule has 1 unspecified atom stereocenters. The molecule has 1 saturated carbocycles. The molecule has 5 heteroatoms. The van der Waals surface area contributed by atoms with Crippen molar-refractivity contribution in [2.75, 3.05) is 6.54 Å². The Morgan fingerprint density at radius 2 is 1.87 bits per heavy atom. The Labute approximate surface area is 176 Å². The summed E-state index contributed by atoms with van der Waals surface area (Å²) in [6, 6.07) is 16.3. The minimum absolute atomic E-state index is 0.124. The highest BCUT2D eigenvalue weighted by Crippen LogP contribution is 2.38. The molecular formula is C25H27N3O2. The fourth-order valence-electron chi connectivity index (χ4n) is 4.09. The molecule has 30 heavy (non-hydrogen) atoms. The predicted octanol–water partition coefficient (Wildman–Crippen LogP) is 4.37. The van der Waals surface area contributed by atoms with E-state index >= 15 is 0 Å². The second-order valence-electron chi connectivity index (χ2n) is 7.97. The van der Waals surface area contributed by atoms with Crippen molar-refractivity contribution in [3.8, 4) is 0 Å². The van der Waals surface area contributed by atoms with Gasteiger partial charge in [-0.25, -0.2) is 0 Å². The summed E-state index contributed by atoms with van der Waals surface area (Å²) in [5, 5.41) is 8.18. The van der Waals surface area contributed by atoms with E-state index in [-0.39, 0.29) is 24.4 Å². The molecule has 4 rings (SSSR count). The molecule has 5 nitrogen and oxygen atoms in total. The largest absolute Gasteiger partial charge is 0.350 e. The summed E-state index contributed by atoms with van der Waals surface area (Å²) < 4.78 is 2.26. The molecule has 1 fully saturated rings. The molecule has 1 aromatic heterocycles. The number of hydrogen-bond donors (Lipinski definition) is 2. The predicted molar refractivity (Wildman–Crippen MR) is 120 cm³/mol. The summed E-state index contributed by atoms with van der Waals surface area (Å²) in [7, 11) is 0. The molecule has 0 radical (unpaired) electrons. The molecule has 1 heterocycles. The van der Waals surface area contributed by atoms with Gasteiger partial charge in [0.05, 0.1) is 11.6 Å². The Balaban J connectivity index is 1.62. The maximum Gasteiger partial charge on any atom is 0.253 e. The van der Waals surface area contributed by atoms with Crippen LogP contribution in [0.25, 0.3) is 10.8 Å². The molecule has 0 saturated heterocycles. The van der Waals surface area contributed by atoms with Crippen molar-refractivity contribution in [3.63, 3.8) is 0 Å². The van der Waals surface area contributed by atoms with Crippen LogP contribution in [0.3, 0.4) is 0 Å². The molecule has 2 N–H and O–H groups in total. The van der Waals surface area contributed by atoms with Crippen LogP contribution in [0.15, 0.2) is 61.2 Å². The average Bonchev–Trinajstić information content (AvgIpc) is 3.54. The van der Waals surface area contributed by atoms with Crippen LogP contribution < -0.4 is 10.6 Å². The van der Waals surface area contributed by atoms with Gasteiger partial charge in [0.25, 0.3) is 5.91 Å². The van der Waals surface area contributed by atoms with Crippen molar-refractivity contribution >= 4 is 22.6 Å². The van der Waals surface area contributed by atoms with Crippen LogP contribution in [-0.4, -0.2) is 22.9 Å². The van der Waals surface area contributed by atoms with Gasteiger partial charge < -0.3 is 15.2 Å². The molecule has 0 aliphatic heterocycles. The van der Waals surface area contributed by atoms with Crippen LogP contribution >= 0.6 is 0 Å². The molecule has 0 spiro atoms. The monoisotopic (exact) mass is 401 g/mol. The molecule has 0 bridgehead atoms. The Bertz CT molecular complexity index is 1120. The topological polar surface area (TPSA) is 63.1 Å². The lowest BCUT2D eigenvalue weighted by molar-refractivity contribution is -0.116. The first-order chi connectivity index (χ1) is 14.5. The van der Waals surface area contributed by atoms with Crippen molar-refractivity contribution in [2.24, 2.45) is 0 Å². The van der Waals surface area contributed by atoms with Crippen LogP contribution in [0, 0.1) is 13.8 Å². The highest BCUT2D eigenvalue weighted by Gasteiger charge is 2.29. The molecule has 2 aromatic carbocycles. The van der Waals surface area contributed by atoms with Gasteiger partial charge in [-0.3, -0.25) is 9.59 Å². The van der Waals surface area contributed by atoms with E-state index in [2.05, 4.69) is 33.9 Å². The van der Waals surface area contributed by atoms with Gasteiger partial charge in [-0.05, 0) is 61.2 Å². The molecule has 1 aliphatic carbocycles. The number of hydrogen-bond acceptors (Lipinski definition) is 2. The van der Waals surface area contributed by atoms with Gasteiger partial charge in [0.2, 0.25) is 5.91 Å². The second-order valence-corrected chi connectivity index (χ2v) is 7.97. The summed E-state index contributed by atoms with van der Waals surface area (Å²) in [5.41, 5.74) is 3.75. The highest BCUT2D eigenvalue weighted by atomic mass is 16.2. The second kappa shape index (κ2) is 8.19. The smallest absolute Gasteiger partial charge is 0.253 e. The van der Waals surface area contributed by atoms with E-state index in [0.717, 1.165) is 27.7 Å². The van der Waals surface area contributed by atoms with Gasteiger partial charge in [0.15, 0.2) is 0 Å². The molecule has 1 aliphatic rings. The number of nitrogens with zero attached hydrogens (tertiary/aromatic N) is 1. The van der Waals surface area contributed by atoms with E-state index in [4.69, 9.17) is 0 Å². The number of aryl methyl sites for hydroxylation is 1. The van der Waals surface area contributed by atoms with Crippen molar-refractivity contribution < 1.29 is 9.59 Å². The number of rotatable bonds is 7. The van der Waals surface area contributed by atoms with Crippen molar-refractivity contribution in [3.05, 3.63) is 83.7 Å². The number of fused-ring (bicyclic) bond motifs is 1. The number of nitrogens with one attached hydrogen (secondary N) is 2. The lowest BCUT2D eigenvalue weighted by atomic mass is 10.0. The van der Waals surface area contributed by atoms with Crippen LogP contribution in [0.5, 0.6) is 0 Å². The number of amides is 2. The molecular weight excluding hydrogens is 374 g/mol. The Morgan fingerprint density at radius 3 is 2.57 bits per heavy atom. The lowest BCUT2D eigenvalue weighted by Gasteiger charge is -2.20. The van der Waals surface area contributed by atoms with Gasteiger partial charge in [0, 0.05) is 24.0 Å². The number of carbonyl (C=O) groups is 2. The van der Waals surface area contributed by atoms with Gasteiger partial charge in [-0.2, -0.15) is 0 Å². The fourth-order valence-corrected chi connectivity index (χ4v) is 4.09. The SMILES string of the molecule is C=CC(=O)NCC(NC(=O)c1cc(C)n(C2CC2)c1C)c1ccc2ccccc2c1. The minimum Gasteiger partial charge on any atom is -0.350 e. The van der Waals surface area contributed by atoms with Crippen molar-refractivity contribution in [1.29, 1.82) is 0 Å². The number of aromatic nitrogens is 1. The summed E-state index contributed by atoms with van der Waals surface area (Å²) >= 11 is 0. The van der Waals surface area contributed by atoms with Crippen molar-refractivity contribution in [1.82, 2.24) is 15.2 Å². The zero-order valence-electron chi connectivity index (χ0n) is 17.4. The maximum absolute atomic E-state index is 13.2. The van der Waals surface area contributed by atoms with E-state index in [9.17, 15) is 9.59 Å². The first-order valence-corrected chi connectivity index (χ1v) is 10.4. The Hall–Kier alpha value is -3.34. The van der Waals surface area contributed by atoms with Crippen LogP contribution in [0.4, 0.5) is 0 Å². The maximum atomic E-state index is 13.2. The number of carbonyl (C=O) groups excluding carboxylic acids is 2. The zero-order chi connectivity index (χ0) is 21.3. The third kappa shape index (κ3) is 4.01. The lowest BCUT2D eigenvalue weighted by Crippen LogP contribution is -2.37. The third-order valence-corrected chi connectivity index (χ3v) is 5.79. The van der Waals surface area contributed by atoms with E-state index in [1.54, 1.807) is 0 Å².